The Balaban J connectivity index is 1.92. The molecule has 3 N–H and O–H groups in total. The van der Waals surface area contributed by atoms with E-state index >= 15 is 0 Å². The van der Waals surface area contributed by atoms with E-state index in [2.05, 4.69) is 15.6 Å². The highest BCUT2D eigenvalue weighted by atomic mass is 19.1. The molecule has 0 aliphatic carbocycles. The lowest BCUT2D eigenvalue weighted by Crippen LogP contribution is -2.39. The minimum atomic E-state index is -0.930. The fourth-order valence-electron chi connectivity index (χ4n) is 1.82. The average molecular weight is 289 g/mol. The molecule has 5 nitrogen and oxygen atoms in total. The number of carbonyl (C=O) groups excluding carboxylic acids is 1. The van der Waals surface area contributed by atoms with Crippen LogP contribution in [-0.4, -0.2) is 22.2 Å². The highest BCUT2D eigenvalue weighted by molar-refractivity contribution is 5.88. The summed E-state index contributed by atoms with van der Waals surface area (Å²) < 4.78 is 12.8. The smallest absolute Gasteiger partial charge is 0.320 e. The van der Waals surface area contributed by atoms with Gasteiger partial charge >= 0.3 is 6.03 Å². The minimum absolute atomic E-state index is 0.376. The molecule has 0 saturated heterocycles. The van der Waals surface area contributed by atoms with Crippen molar-refractivity contribution in [3.05, 3.63) is 60.0 Å². The molecule has 2 amide bonds. The number of nitrogens with one attached hydrogen (secondary N) is 2. The number of hydrogen-bond donors (Lipinski definition) is 3. The van der Waals surface area contributed by atoms with Gasteiger partial charge < -0.3 is 10.4 Å². The van der Waals surface area contributed by atoms with Crippen molar-refractivity contribution in [3.8, 4) is 0 Å². The summed E-state index contributed by atoms with van der Waals surface area (Å²) >= 11 is 0. The molecule has 0 spiro atoms. The molecule has 1 aromatic carbocycles. The summed E-state index contributed by atoms with van der Waals surface area (Å²) in [6.45, 7) is 1.66. The van der Waals surface area contributed by atoms with Gasteiger partial charge in [0.05, 0.1) is 12.1 Å². The lowest BCUT2D eigenvalue weighted by molar-refractivity contribution is 0.139. The van der Waals surface area contributed by atoms with Crippen molar-refractivity contribution in [1.29, 1.82) is 0 Å². The monoisotopic (exact) mass is 289 g/mol. The van der Waals surface area contributed by atoms with Crippen LogP contribution in [0.5, 0.6) is 0 Å². The van der Waals surface area contributed by atoms with Crippen LogP contribution in [0.4, 0.5) is 15.0 Å². The second kappa shape index (κ2) is 6.81. The predicted molar refractivity (Wildman–Crippen MR) is 77.2 cm³/mol. The van der Waals surface area contributed by atoms with E-state index in [1.807, 2.05) is 0 Å². The van der Waals surface area contributed by atoms with E-state index in [0.29, 0.717) is 11.4 Å². The van der Waals surface area contributed by atoms with Crippen LogP contribution in [-0.2, 0) is 0 Å². The second-order valence-corrected chi connectivity index (χ2v) is 4.60. The first kappa shape index (κ1) is 14.9. The summed E-state index contributed by atoms with van der Waals surface area (Å²) in [5, 5.41) is 15.3. The molecule has 110 valence electrons. The third-order valence-corrected chi connectivity index (χ3v) is 2.95. The SMILES string of the molecule is C[C@H](NC(=O)Nc1ccccn1)[C@H](O)c1ccc(F)cc1. The maximum atomic E-state index is 12.8. The summed E-state index contributed by atoms with van der Waals surface area (Å²) in [5.41, 5.74) is 0.530. The number of benzene rings is 1. The van der Waals surface area contributed by atoms with E-state index in [0.717, 1.165) is 0 Å². The van der Waals surface area contributed by atoms with Gasteiger partial charge in [0.25, 0.3) is 0 Å². The number of aliphatic hydroxyl groups is 1. The van der Waals surface area contributed by atoms with Crippen molar-refractivity contribution in [2.45, 2.75) is 19.1 Å². The first-order chi connectivity index (χ1) is 10.1. The molecule has 0 bridgehead atoms. The Hall–Kier alpha value is -2.47. The van der Waals surface area contributed by atoms with Gasteiger partial charge in [0.15, 0.2) is 0 Å². The molecule has 2 rings (SSSR count). The third-order valence-electron chi connectivity index (χ3n) is 2.95. The Morgan fingerprint density at radius 3 is 2.57 bits per heavy atom. The van der Waals surface area contributed by atoms with E-state index in [-0.39, 0.29) is 5.82 Å². The molecule has 0 aliphatic heterocycles. The summed E-state index contributed by atoms with van der Waals surface area (Å²) in [7, 11) is 0. The summed E-state index contributed by atoms with van der Waals surface area (Å²) in [6, 6.07) is 9.62. The van der Waals surface area contributed by atoms with Gasteiger partial charge in [-0.2, -0.15) is 0 Å². The van der Waals surface area contributed by atoms with Crippen molar-refractivity contribution in [1.82, 2.24) is 10.3 Å². The van der Waals surface area contributed by atoms with Gasteiger partial charge in [0.2, 0.25) is 0 Å². The van der Waals surface area contributed by atoms with Crippen molar-refractivity contribution in [2.24, 2.45) is 0 Å². The zero-order valence-electron chi connectivity index (χ0n) is 11.5. The Kier molecular flexibility index (Phi) is 4.84. The normalized spacial score (nSPS) is 13.3. The molecule has 1 aromatic heterocycles. The van der Waals surface area contributed by atoms with Gasteiger partial charge in [0.1, 0.15) is 11.6 Å². The van der Waals surface area contributed by atoms with E-state index in [4.69, 9.17) is 0 Å². The van der Waals surface area contributed by atoms with Crippen molar-refractivity contribution in [2.75, 3.05) is 5.32 Å². The molecule has 1 heterocycles. The number of anilines is 1. The van der Waals surface area contributed by atoms with Crippen LogP contribution in [0.25, 0.3) is 0 Å². The van der Waals surface area contributed by atoms with Gasteiger partial charge in [-0.1, -0.05) is 18.2 Å². The minimum Gasteiger partial charge on any atom is -0.386 e. The van der Waals surface area contributed by atoms with Crippen LogP contribution < -0.4 is 10.6 Å². The fraction of sp³-hybridized carbons (Fsp3) is 0.200. The average Bonchev–Trinajstić information content (AvgIpc) is 2.48. The number of aliphatic hydroxyl groups excluding tert-OH is 1. The van der Waals surface area contributed by atoms with E-state index < -0.39 is 18.2 Å². The number of rotatable bonds is 4. The summed E-state index contributed by atoms with van der Waals surface area (Å²) in [5.74, 6) is 0.0397. The van der Waals surface area contributed by atoms with Gasteiger partial charge in [0, 0.05) is 6.20 Å². The number of amides is 2. The Labute approximate surface area is 121 Å². The largest absolute Gasteiger partial charge is 0.386 e. The summed E-state index contributed by atoms with van der Waals surface area (Å²) in [4.78, 5) is 15.7. The number of hydrogen-bond acceptors (Lipinski definition) is 3. The molecule has 2 aromatic rings. The number of halogens is 1. The maximum Gasteiger partial charge on any atom is 0.320 e. The highest BCUT2D eigenvalue weighted by Crippen LogP contribution is 2.17. The number of carbonyl (C=O) groups is 1. The zero-order valence-corrected chi connectivity index (χ0v) is 11.5. The number of pyridine rings is 1. The molecule has 0 fully saturated rings. The number of urea groups is 1. The molecular formula is C15H16FN3O2. The molecule has 0 radical (unpaired) electrons. The molecule has 0 unspecified atom stereocenters. The van der Waals surface area contributed by atoms with Crippen LogP contribution >= 0.6 is 0 Å². The summed E-state index contributed by atoms with van der Waals surface area (Å²) in [6.07, 6.45) is 0.631. The van der Waals surface area contributed by atoms with Crippen LogP contribution in [0.3, 0.4) is 0 Å². The standard InChI is InChI=1S/C15H16FN3O2/c1-10(14(20)11-5-7-12(16)8-6-11)18-15(21)19-13-4-2-3-9-17-13/h2-10,14,20H,1H3,(H2,17,18,19,21)/t10-,14-/m0/s1. The van der Waals surface area contributed by atoms with Crippen molar-refractivity contribution >= 4 is 11.8 Å². The molecule has 2 atom stereocenters. The van der Waals surface area contributed by atoms with E-state index in [9.17, 15) is 14.3 Å². The Morgan fingerprint density at radius 2 is 1.95 bits per heavy atom. The van der Waals surface area contributed by atoms with Crippen LogP contribution in [0.15, 0.2) is 48.7 Å². The second-order valence-electron chi connectivity index (χ2n) is 4.60. The topological polar surface area (TPSA) is 74.2 Å². The van der Waals surface area contributed by atoms with Crippen molar-refractivity contribution in [3.63, 3.8) is 0 Å². The Bertz CT molecular complexity index is 590. The van der Waals surface area contributed by atoms with Crippen LogP contribution in [0, 0.1) is 5.82 Å². The molecule has 0 aliphatic rings. The fourth-order valence-corrected chi connectivity index (χ4v) is 1.82. The highest BCUT2D eigenvalue weighted by Gasteiger charge is 2.18. The molecule has 0 saturated carbocycles. The van der Waals surface area contributed by atoms with Gasteiger partial charge in [-0.3, -0.25) is 5.32 Å². The van der Waals surface area contributed by atoms with E-state index in [1.54, 1.807) is 31.3 Å². The first-order valence-electron chi connectivity index (χ1n) is 6.48. The van der Waals surface area contributed by atoms with Gasteiger partial charge in [-0.05, 0) is 36.8 Å². The lowest BCUT2D eigenvalue weighted by Gasteiger charge is -2.20. The Morgan fingerprint density at radius 1 is 1.24 bits per heavy atom. The zero-order chi connectivity index (χ0) is 15.2. The van der Waals surface area contributed by atoms with Crippen molar-refractivity contribution < 1.29 is 14.3 Å². The third kappa shape index (κ3) is 4.25. The molecule has 6 heteroatoms. The van der Waals surface area contributed by atoms with E-state index in [1.165, 1.54) is 24.3 Å². The van der Waals surface area contributed by atoms with Gasteiger partial charge in [-0.15, -0.1) is 0 Å². The lowest BCUT2D eigenvalue weighted by atomic mass is 10.0. The molecular weight excluding hydrogens is 273 g/mol. The predicted octanol–water partition coefficient (Wildman–Crippen LogP) is 2.46. The molecule has 21 heavy (non-hydrogen) atoms. The first-order valence-corrected chi connectivity index (χ1v) is 6.48. The van der Waals surface area contributed by atoms with Crippen LogP contribution in [0.1, 0.15) is 18.6 Å². The quantitative estimate of drug-likeness (QED) is 0.809. The maximum absolute atomic E-state index is 12.8. The number of aromatic nitrogens is 1. The van der Waals surface area contributed by atoms with Gasteiger partial charge in [-0.25, -0.2) is 14.2 Å². The van der Waals surface area contributed by atoms with Crippen LogP contribution in [0.2, 0.25) is 0 Å². The number of nitrogens with zero attached hydrogens (tertiary/aromatic N) is 1.